The Labute approximate surface area is 106 Å². The lowest BCUT2D eigenvalue weighted by atomic mass is 10.3. The molecule has 0 aliphatic rings. The zero-order valence-corrected chi connectivity index (χ0v) is 9.66. The number of amides is 1. The number of carbonyl (C=O) groups excluding carboxylic acids is 1. The molecular formula is C10H7ClN4O3. The number of nitrogens with one attached hydrogen (secondary N) is 1. The Morgan fingerprint density at radius 3 is 2.89 bits per heavy atom. The maximum absolute atomic E-state index is 11.7. The third kappa shape index (κ3) is 2.46. The highest BCUT2D eigenvalue weighted by Gasteiger charge is 2.14. The van der Waals surface area contributed by atoms with Crippen molar-refractivity contribution in [3.63, 3.8) is 0 Å². The highest BCUT2D eigenvalue weighted by Crippen LogP contribution is 2.27. The molecule has 2 aromatic rings. The molecule has 0 spiro atoms. The van der Waals surface area contributed by atoms with E-state index in [-0.39, 0.29) is 16.4 Å². The van der Waals surface area contributed by atoms with E-state index in [1.54, 1.807) is 0 Å². The standard InChI is InChI=1S/C10H7ClN4O3/c11-8-2-1-7(5-9(8)15(17)18)13-10(16)14-4-3-12-6-14/h1-6H,(H,13,16). The van der Waals surface area contributed by atoms with Crippen LogP contribution in [-0.2, 0) is 0 Å². The first-order valence-electron chi connectivity index (χ1n) is 4.81. The number of benzene rings is 1. The lowest BCUT2D eigenvalue weighted by Crippen LogP contribution is -2.17. The van der Waals surface area contributed by atoms with E-state index in [9.17, 15) is 14.9 Å². The van der Waals surface area contributed by atoms with Gasteiger partial charge in [-0.15, -0.1) is 0 Å². The van der Waals surface area contributed by atoms with E-state index in [1.807, 2.05) is 0 Å². The molecule has 0 bridgehead atoms. The second kappa shape index (κ2) is 4.84. The third-order valence-electron chi connectivity index (χ3n) is 2.13. The van der Waals surface area contributed by atoms with Crippen molar-refractivity contribution in [2.24, 2.45) is 0 Å². The number of anilines is 1. The van der Waals surface area contributed by atoms with Crippen LogP contribution in [0.4, 0.5) is 16.2 Å². The van der Waals surface area contributed by atoms with E-state index in [0.717, 1.165) is 0 Å². The number of imidazole rings is 1. The molecule has 1 aromatic heterocycles. The van der Waals surface area contributed by atoms with E-state index >= 15 is 0 Å². The molecule has 0 aliphatic heterocycles. The molecule has 1 aromatic carbocycles. The number of nitro groups is 1. The van der Waals surface area contributed by atoms with E-state index in [2.05, 4.69) is 10.3 Å². The molecule has 0 atom stereocenters. The van der Waals surface area contributed by atoms with Crippen LogP contribution in [0, 0.1) is 10.1 Å². The molecular weight excluding hydrogens is 260 g/mol. The Bertz CT molecular complexity index is 597. The van der Waals surface area contributed by atoms with Gasteiger partial charge in [-0.1, -0.05) is 11.6 Å². The summed E-state index contributed by atoms with van der Waals surface area (Å²) >= 11 is 5.66. The van der Waals surface area contributed by atoms with E-state index in [1.165, 1.54) is 41.5 Å². The van der Waals surface area contributed by atoms with Gasteiger partial charge in [0.15, 0.2) is 0 Å². The lowest BCUT2D eigenvalue weighted by Gasteiger charge is -2.05. The van der Waals surface area contributed by atoms with Crippen molar-refractivity contribution >= 4 is 29.0 Å². The van der Waals surface area contributed by atoms with Gasteiger partial charge in [-0.25, -0.2) is 9.78 Å². The topological polar surface area (TPSA) is 90.1 Å². The largest absolute Gasteiger partial charge is 0.331 e. The van der Waals surface area contributed by atoms with Crippen molar-refractivity contribution in [1.29, 1.82) is 0 Å². The van der Waals surface area contributed by atoms with Gasteiger partial charge < -0.3 is 5.32 Å². The molecule has 8 heteroatoms. The molecule has 7 nitrogen and oxygen atoms in total. The molecule has 18 heavy (non-hydrogen) atoms. The van der Waals surface area contributed by atoms with Crippen molar-refractivity contribution in [3.05, 3.63) is 52.1 Å². The lowest BCUT2D eigenvalue weighted by molar-refractivity contribution is -0.384. The van der Waals surface area contributed by atoms with Gasteiger partial charge in [-0.05, 0) is 12.1 Å². The Morgan fingerprint density at radius 1 is 1.50 bits per heavy atom. The summed E-state index contributed by atoms with van der Waals surface area (Å²) in [6, 6.07) is 3.55. The smallest absolute Gasteiger partial charge is 0.307 e. The minimum atomic E-state index is -0.616. The molecule has 0 radical (unpaired) electrons. The number of hydrogen-bond donors (Lipinski definition) is 1. The van der Waals surface area contributed by atoms with Crippen LogP contribution >= 0.6 is 11.6 Å². The fourth-order valence-corrected chi connectivity index (χ4v) is 1.48. The van der Waals surface area contributed by atoms with Crippen LogP contribution in [0.2, 0.25) is 5.02 Å². The van der Waals surface area contributed by atoms with Crippen molar-refractivity contribution in [3.8, 4) is 0 Å². The van der Waals surface area contributed by atoms with Crippen LogP contribution in [0.15, 0.2) is 36.9 Å². The summed E-state index contributed by atoms with van der Waals surface area (Å²) in [7, 11) is 0. The fraction of sp³-hybridized carbons (Fsp3) is 0. The SMILES string of the molecule is O=C(Nc1ccc(Cl)c([N+](=O)[O-])c1)n1ccnc1. The Morgan fingerprint density at radius 2 is 2.28 bits per heavy atom. The summed E-state index contributed by atoms with van der Waals surface area (Å²) < 4.78 is 1.21. The Hall–Kier alpha value is -2.41. The fourth-order valence-electron chi connectivity index (χ4n) is 1.30. The van der Waals surface area contributed by atoms with Gasteiger partial charge >= 0.3 is 6.03 Å². The number of rotatable bonds is 2. The predicted molar refractivity (Wildman–Crippen MR) is 64.8 cm³/mol. The van der Waals surface area contributed by atoms with Gasteiger partial charge in [-0.3, -0.25) is 14.7 Å². The first kappa shape index (κ1) is 12.1. The van der Waals surface area contributed by atoms with Gasteiger partial charge in [0.1, 0.15) is 11.3 Å². The molecule has 1 heterocycles. The molecule has 0 saturated carbocycles. The van der Waals surface area contributed by atoms with Gasteiger partial charge in [0.25, 0.3) is 5.69 Å². The highest BCUT2D eigenvalue weighted by atomic mass is 35.5. The minimum absolute atomic E-state index is 0.0145. The van der Waals surface area contributed by atoms with E-state index in [4.69, 9.17) is 11.6 Å². The summed E-state index contributed by atoms with van der Waals surface area (Å²) in [5.41, 5.74) is 0.0184. The summed E-state index contributed by atoms with van der Waals surface area (Å²) in [5, 5.41) is 13.2. The van der Waals surface area contributed by atoms with Gasteiger partial charge in [0.05, 0.1) is 4.92 Å². The van der Waals surface area contributed by atoms with Crippen molar-refractivity contribution in [2.45, 2.75) is 0 Å². The second-order valence-electron chi connectivity index (χ2n) is 3.32. The summed E-state index contributed by atoms with van der Waals surface area (Å²) in [5.74, 6) is 0. The van der Waals surface area contributed by atoms with Crippen LogP contribution < -0.4 is 5.32 Å². The van der Waals surface area contributed by atoms with Gasteiger partial charge in [-0.2, -0.15) is 0 Å². The minimum Gasteiger partial charge on any atom is -0.307 e. The van der Waals surface area contributed by atoms with Crippen LogP contribution in [0.5, 0.6) is 0 Å². The van der Waals surface area contributed by atoms with E-state index < -0.39 is 11.0 Å². The van der Waals surface area contributed by atoms with Crippen molar-refractivity contribution in [2.75, 3.05) is 5.32 Å². The Kier molecular flexibility index (Phi) is 3.24. The molecule has 0 fully saturated rings. The number of nitrogens with zero attached hydrogens (tertiary/aromatic N) is 3. The second-order valence-corrected chi connectivity index (χ2v) is 3.73. The van der Waals surface area contributed by atoms with Crippen molar-refractivity contribution < 1.29 is 9.72 Å². The van der Waals surface area contributed by atoms with Gasteiger partial charge in [0, 0.05) is 24.1 Å². The normalized spacial score (nSPS) is 10.1. The molecule has 1 amide bonds. The van der Waals surface area contributed by atoms with Crippen LogP contribution in [0.3, 0.4) is 0 Å². The number of aromatic nitrogens is 2. The van der Waals surface area contributed by atoms with Crippen LogP contribution in [-0.4, -0.2) is 20.5 Å². The average Bonchev–Trinajstić information content (AvgIpc) is 2.85. The highest BCUT2D eigenvalue weighted by molar-refractivity contribution is 6.32. The predicted octanol–water partition coefficient (Wildman–Crippen LogP) is 2.52. The molecule has 0 aliphatic carbocycles. The number of carbonyl (C=O) groups is 1. The van der Waals surface area contributed by atoms with Gasteiger partial charge in [0.2, 0.25) is 0 Å². The molecule has 0 unspecified atom stereocenters. The van der Waals surface area contributed by atoms with Crippen molar-refractivity contribution in [1.82, 2.24) is 9.55 Å². The molecule has 2 rings (SSSR count). The maximum Gasteiger partial charge on any atom is 0.331 e. The quantitative estimate of drug-likeness (QED) is 0.668. The first-order valence-corrected chi connectivity index (χ1v) is 5.19. The Balaban J connectivity index is 2.22. The van der Waals surface area contributed by atoms with Crippen LogP contribution in [0.1, 0.15) is 0 Å². The molecule has 1 N–H and O–H groups in total. The number of nitro benzene ring substituents is 1. The average molecular weight is 267 g/mol. The summed E-state index contributed by atoms with van der Waals surface area (Å²) in [4.78, 5) is 25.4. The first-order chi connectivity index (χ1) is 8.58. The zero-order valence-electron chi connectivity index (χ0n) is 8.91. The number of hydrogen-bond acceptors (Lipinski definition) is 4. The van der Waals surface area contributed by atoms with E-state index in [0.29, 0.717) is 0 Å². The van der Waals surface area contributed by atoms with Crippen LogP contribution in [0.25, 0.3) is 0 Å². The number of halogens is 1. The zero-order chi connectivity index (χ0) is 13.1. The monoisotopic (exact) mass is 266 g/mol. The summed E-state index contributed by atoms with van der Waals surface area (Å²) in [6.07, 6.45) is 4.23. The molecule has 0 saturated heterocycles. The summed E-state index contributed by atoms with van der Waals surface area (Å²) in [6.45, 7) is 0. The third-order valence-corrected chi connectivity index (χ3v) is 2.45. The molecule has 92 valence electrons. The maximum atomic E-state index is 11.7.